The summed E-state index contributed by atoms with van der Waals surface area (Å²) in [5.41, 5.74) is 1.75. The molecule has 0 fully saturated rings. The molecule has 2 rings (SSSR count). The molecule has 2 N–H and O–H groups in total. The maximum atomic E-state index is 12.2. The van der Waals surface area contributed by atoms with Crippen LogP contribution in [0.4, 0.5) is 4.79 Å². The van der Waals surface area contributed by atoms with Crippen LogP contribution < -0.4 is 15.4 Å². The Balaban J connectivity index is 1.97. The smallest absolute Gasteiger partial charge is 0.317 e. The van der Waals surface area contributed by atoms with Gasteiger partial charge in [-0.05, 0) is 19.1 Å². The van der Waals surface area contributed by atoms with Crippen LogP contribution >= 0.6 is 0 Å². The first-order valence-corrected chi connectivity index (χ1v) is 8.35. The molecule has 140 valence electrons. The molecule has 0 saturated heterocycles. The van der Waals surface area contributed by atoms with Gasteiger partial charge in [-0.25, -0.2) is 9.48 Å². The van der Waals surface area contributed by atoms with E-state index in [1.165, 1.54) is 4.90 Å². The number of benzene rings is 1. The second-order valence-corrected chi connectivity index (χ2v) is 5.94. The van der Waals surface area contributed by atoms with Crippen molar-refractivity contribution in [1.82, 2.24) is 25.3 Å². The number of rotatable bonds is 7. The molecule has 1 atom stereocenters. The van der Waals surface area contributed by atoms with E-state index >= 15 is 0 Å². The lowest BCUT2D eigenvalue weighted by molar-refractivity contribution is -0.120. The first-order chi connectivity index (χ1) is 12.4. The molecule has 0 unspecified atom stereocenters. The van der Waals surface area contributed by atoms with Crippen molar-refractivity contribution in [2.24, 2.45) is 0 Å². The summed E-state index contributed by atoms with van der Waals surface area (Å²) in [6, 6.07) is 7.11. The average molecular weight is 359 g/mol. The van der Waals surface area contributed by atoms with E-state index in [2.05, 4.69) is 15.7 Å². The summed E-state index contributed by atoms with van der Waals surface area (Å²) in [4.78, 5) is 25.0. The maximum absolute atomic E-state index is 12.2. The van der Waals surface area contributed by atoms with Gasteiger partial charge in [0.05, 0.1) is 25.0 Å². The standard InChI is InChI=1S/C18H25N5O3/c1-13(21-18(25)22(3)9-8-17(24)19-2)14-11-20-23(12-14)15-6-5-7-16(10-15)26-4/h5-7,10-13H,8-9H2,1-4H3,(H,19,24)(H,21,25)/t13-/m0/s1. The fourth-order valence-electron chi connectivity index (χ4n) is 2.33. The van der Waals surface area contributed by atoms with Crippen molar-refractivity contribution in [3.8, 4) is 11.4 Å². The zero-order chi connectivity index (χ0) is 19.1. The summed E-state index contributed by atoms with van der Waals surface area (Å²) < 4.78 is 6.96. The van der Waals surface area contributed by atoms with Crippen molar-refractivity contribution in [1.29, 1.82) is 0 Å². The Bertz CT molecular complexity index is 759. The molecular weight excluding hydrogens is 334 g/mol. The van der Waals surface area contributed by atoms with Gasteiger partial charge in [-0.2, -0.15) is 5.10 Å². The molecule has 0 aliphatic rings. The fraction of sp³-hybridized carbons (Fsp3) is 0.389. The lowest BCUT2D eigenvalue weighted by Gasteiger charge is -2.20. The van der Waals surface area contributed by atoms with Gasteiger partial charge in [-0.1, -0.05) is 6.07 Å². The number of ether oxygens (including phenoxy) is 1. The molecule has 2 aromatic rings. The predicted octanol–water partition coefficient (Wildman–Crippen LogP) is 1.72. The minimum absolute atomic E-state index is 0.0998. The minimum Gasteiger partial charge on any atom is -0.497 e. The van der Waals surface area contributed by atoms with Crippen LogP contribution in [0.2, 0.25) is 0 Å². The first-order valence-electron chi connectivity index (χ1n) is 8.35. The van der Waals surface area contributed by atoms with Gasteiger partial charge in [0.1, 0.15) is 5.75 Å². The highest BCUT2D eigenvalue weighted by Gasteiger charge is 2.15. The third-order valence-corrected chi connectivity index (χ3v) is 4.06. The highest BCUT2D eigenvalue weighted by atomic mass is 16.5. The topological polar surface area (TPSA) is 88.5 Å². The summed E-state index contributed by atoms with van der Waals surface area (Å²) >= 11 is 0. The van der Waals surface area contributed by atoms with Crippen LogP contribution in [0.1, 0.15) is 24.9 Å². The molecule has 1 aromatic heterocycles. The van der Waals surface area contributed by atoms with Crippen LogP contribution in [0.5, 0.6) is 5.75 Å². The van der Waals surface area contributed by atoms with Gasteiger partial charge in [0, 0.05) is 44.9 Å². The van der Waals surface area contributed by atoms with Gasteiger partial charge in [0.25, 0.3) is 0 Å². The predicted molar refractivity (Wildman–Crippen MR) is 98.4 cm³/mol. The number of carbonyl (C=O) groups is 2. The Morgan fingerprint density at radius 2 is 2.15 bits per heavy atom. The number of carbonyl (C=O) groups excluding carboxylic acids is 2. The summed E-state index contributed by atoms with van der Waals surface area (Å²) in [5.74, 6) is 0.649. The molecule has 0 aliphatic heterocycles. The molecule has 1 heterocycles. The van der Waals surface area contributed by atoms with Crippen molar-refractivity contribution in [3.05, 3.63) is 42.2 Å². The number of methoxy groups -OCH3 is 1. The van der Waals surface area contributed by atoms with Crippen LogP contribution in [0, 0.1) is 0 Å². The van der Waals surface area contributed by atoms with Crippen LogP contribution in [0.3, 0.4) is 0 Å². The van der Waals surface area contributed by atoms with E-state index in [9.17, 15) is 9.59 Å². The van der Waals surface area contributed by atoms with Crippen LogP contribution in [0.15, 0.2) is 36.7 Å². The van der Waals surface area contributed by atoms with Crippen molar-refractivity contribution >= 4 is 11.9 Å². The molecule has 8 nitrogen and oxygen atoms in total. The van der Waals surface area contributed by atoms with Crippen molar-refractivity contribution in [2.45, 2.75) is 19.4 Å². The van der Waals surface area contributed by atoms with Crippen molar-refractivity contribution < 1.29 is 14.3 Å². The zero-order valence-corrected chi connectivity index (χ0v) is 15.5. The van der Waals surface area contributed by atoms with E-state index in [-0.39, 0.29) is 24.4 Å². The lowest BCUT2D eigenvalue weighted by atomic mass is 10.2. The number of nitrogens with one attached hydrogen (secondary N) is 2. The highest BCUT2D eigenvalue weighted by molar-refractivity contribution is 5.78. The van der Waals surface area contributed by atoms with E-state index in [0.29, 0.717) is 6.54 Å². The molecule has 0 saturated carbocycles. The second-order valence-electron chi connectivity index (χ2n) is 5.94. The Morgan fingerprint density at radius 1 is 1.38 bits per heavy atom. The van der Waals surface area contributed by atoms with Gasteiger partial charge >= 0.3 is 6.03 Å². The van der Waals surface area contributed by atoms with Gasteiger partial charge < -0.3 is 20.3 Å². The molecule has 3 amide bonds. The number of nitrogens with zero attached hydrogens (tertiary/aromatic N) is 3. The van der Waals surface area contributed by atoms with E-state index < -0.39 is 0 Å². The number of amides is 3. The van der Waals surface area contributed by atoms with Gasteiger partial charge in [0.15, 0.2) is 0 Å². The quantitative estimate of drug-likeness (QED) is 0.788. The van der Waals surface area contributed by atoms with E-state index in [1.807, 2.05) is 37.4 Å². The average Bonchev–Trinajstić information content (AvgIpc) is 3.16. The van der Waals surface area contributed by atoms with Gasteiger partial charge in [-0.3, -0.25) is 4.79 Å². The van der Waals surface area contributed by atoms with Gasteiger partial charge in [0.2, 0.25) is 5.91 Å². The first kappa shape index (κ1) is 19.3. The monoisotopic (exact) mass is 359 g/mol. The van der Waals surface area contributed by atoms with Crippen molar-refractivity contribution in [3.63, 3.8) is 0 Å². The second kappa shape index (κ2) is 8.89. The molecule has 8 heteroatoms. The SMILES string of the molecule is CNC(=O)CCN(C)C(=O)N[C@@H](C)c1cnn(-c2cccc(OC)c2)c1. The number of urea groups is 1. The summed E-state index contributed by atoms with van der Waals surface area (Å²) in [6.45, 7) is 2.23. The fourth-order valence-corrected chi connectivity index (χ4v) is 2.33. The van der Waals surface area contributed by atoms with E-state index in [1.54, 1.807) is 32.1 Å². The number of aromatic nitrogens is 2. The maximum Gasteiger partial charge on any atom is 0.317 e. The van der Waals surface area contributed by atoms with E-state index in [4.69, 9.17) is 4.74 Å². The zero-order valence-electron chi connectivity index (χ0n) is 15.5. The summed E-state index contributed by atoms with van der Waals surface area (Å²) in [7, 11) is 4.85. The third kappa shape index (κ3) is 4.98. The molecule has 0 aliphatic carbocycles. The lowest BCUT2D eigenvalue weighted by Crippen LogP contribution is -2.40. The van der Waals surface area contributed by atoms with Crippen LogP contribution in [-0.2, 0) is 4.79 Å². The number of hydrogen-bond acceptors (Lipinski definition) is 4. The Morgan fingerprint density at radius 3 is 2.85 bits per heavy atom. The number of hydrogen-bond donors (Lipinski definition) is 2. The third-order valence-electron chi connectivity index (χ3n) is 4.06. The minimum atomic E-state index is -0.240. The van der Waals surface area contributed by atoms with Crippen LogP contribution in [0.25, 0.3) is 5.69 Å². The summed E-state index contributed by atoms with van der Waals surface area (Å²) in [6.07, 6.45) is 3.85. The summed E-state index contributed by atoms with van der Waals surface area (Å²) in [5, 5.41) is 9.79. The molecule has 0 radical (unpaired) electrons. The largest absolute Gasteiger partial charge is 0.497 e. The van der Waals surface area contributed by atoms with E-state index in [0.717, 1.165) is 17.0 Å². The normalized spacial score (nSPS) is 11.5. The highest BCUT2D eigenvalue weighted by Crippen LogP contribution is 2.18. The Labute approximate surface area is 153 Å². The van der Waals surface area contributed by atoms with Crippen molar-refractivity contribution in [2.75, 3.05) is 27.7 Å². The molecule has 1 aromatic carbocycles. The Hall–Kier alpha value is -3.03. The molecule has 26 heavy (non-hydrogen) atoms. The Kier molecular flexibility index (Phi) is 6.60. The molecule has 0 spiro atoms. The van der Waals surface area contributed by atoms with Gasteiger partial charge in [-0.15, -0.1) is 0 Å². The molecular formula is C18H25N5O3. The molecule has 0 bridgehead atoms. The van der Waals surface area contributed by atoms with Crippen LogP contribution in [-0.4, -0.2) is 54.4 Å².